The first kappa shape index (κ1) is 6.81. The van der Waals surface area contributed by atoms with Gasteiger partial charge in [0.05, 0.1) is 5.56 Å². The van der Waals surface area contributed by atoms with E-state index in [2.05, 4.69) is 9.24 Å². The first-order chi connectivity index (χ1) is 5.29. The number of cyclic esters (lactones) is 1. The van der Waals surface area contributed by atoms with Gasteiger partial charge in [-0.3, -0.25) is 0 Å². The Morgan fingerprint density at radius 1 is 1.36 bits per heavy atom. The van der Waals surface area contributed by atoms with E-state index in [1.165, 1.54) is 0 Å². The highest BCUT2D eigenvalue weighted by molar-refractivity contribution is 7.17. The van der Waals surface area contributed by atoms with Crippen molar-refractivity contribution in [2.45, 2.75) is 5.85 Å². The van der Waals surface area contributed by atoms with Crippen LogP contribution in [0.1, 0.15) is 21.8 Å². The summed E-state index contributed by atoms with van der Waals surface area (Å²) in [5.74, 6) is -0.376. The highest BCUT2D eigenvalue weighted by Crippen LogP contribution is 2.34. The summed E-state index contributed by atoms with van der Waals surface area (Å²) in [6, 6.07) is 7.42. The standard InChI is InChI=1S/C8H7O2P/c9-7-5-3-1-2-4-6(5)8(11)10-7/h1-4,8H,11H2. The maximum Gasteiger partial charge on any atom is 0.339 e. The van der Waals surface area contributed by atoms with Crippen LogP contribution >= 0.6 is 9.24 Å². The fourth-order valence-corrected chi connectivity index (χ4v) is 1.59. The van der Waals surface area contributed by atoms with Crippen LogP contribution in [0, 0.1) is 0 Å². The number of benzene rings is 1. The first-order valence-electron chi connectivity index (χ1n) is 3.34. The first-order valence-corrected chi connectivity index (χ1v) is 4.01. The molecule has 0 fully saturated rings. The van der Waals surface area contributed by atoms with Crippen LogP contribution in [0.5, 0.6) is 0 Å². The molecule has 0 aromatic heterocycles. The maximum absolute atomic E-state index is 11.0. The Labute approximate surface area is 66.8 Å². The van der Waals surface area contributed by atoms with E-state index in [1.54, 1.807) is 6.07 Å². The lowest BCUT2D eigenvalue weighted by molar-refractivity contribution is 0.0521. The zero-order chi connectivity index (χ0) is 7.84. The molecule has 2 rings (SSSR count). The van der Waals surface area contributed by atoms with E-state index in [0.717, 1.165) is 5.56 Å². The topological polar surface area (TPSA) is 26.3 Å². The number of hydrogen-bond donors (Lipinski definition) is 0. The van der Waals surface area contributed by atoms with Crippen LogP contribution in [0.2, 0.25) is 0 Å². The summed E-state index contributed by atoms with van der Waals surface area (Å²) in [5.41, 5.74) is 1.65. The van der Waals surface area contributed by atoms with E-state index < -0.39 is 0 Å². The average molecular weight is 166 g/mol. The molecule has 2 nitrogen and oxygen atoms in total. The van der Waals surface area contributed by atoms with Gasteiger partial charge in [0.25, 0.3) is 0 Å². The van der Waals surface area contributed by atoms with Gasteiger partial charge in [0.1, 0.15) is 5.85 Å². The maximum atomic E-state index is 11.0. The fourth-order valence-electron chi connectivity index (χ4n) is 1.17. The van der Waals surface area contributed by atoms with Crippen molar-refractivity contribution >= 4 is 15.2 Å². The molecule has 1 aliphatic heterocycles. The molecule has 0 bridgehead atoms. The van der Waals surface area contributed by atoms with E-state index in [1.807, 2.05) is 18.2 Å². The third-order valence-electron chi connectivity index (χ3n) is 1.72. The lowest BCUT2D eigenvalue weighted by Gasteiger charge is -1.99. The number of fused-ring (bicyclic) bond motifs is 1. The van der Waals surface area contributed by atoms with Gasteiger partial charge in [-0.2, -0.15) is 0 Å². The summed E-state index contributed by atoms with van der Waals surface area (Å²) in [4.78, 5) is 11.0. The van der Waals surface area contributed by atoms with Crippen molar-refractivity contribution in [3.05, 3.63) is 35.4 Å². The molecule has 1 aromatic rings. The summed E-state index contributed by atoms with van der Waals surface area (Å²) in [6.45, 7) is 0. The summed E-state index contributed by atoms with van der Waals surface area (Å²) in [5, 5.41) is 0. The molecule has 0 spiro atoms. The minimum atomic E-state index is -0.222. The summed E-state index contributed by atoms with van der Waals surface area (Å²) in [7, 11) is 2.48. The number of rotatable bonds is 0. The van der Waals surface area contributed by atoms with Gasteiger partial charge in [-0.15, -0.1) is 0 Å². The molecular weight excluding hydrogens is 159 g/mol. The number of esters is 1. The molecule has 3 heteroatoms. The molecule has 0 saturated heterocycles. The molecule has 0 N–H and O–H groups in total. The Hall–Kier alpha value is -0.880. The summed E-state index contributed by atoms with van der Waals surface area (Å²) >= 11 is 0. The predicted molar refractivity (Wildman–Crippen MR) is 44.3 cm³/mol. The largest absolute Gasteiger partial charge is 0.450 e. The SMILES string of the molecule is O=C1OC(P)c2ccccc21. The van der Waals surface area contributed by atoms with Gasteiger partial charge in [0.15, 0.2) is 0 Å². The number of hydrogen-bond acceptors (Lipinski definition) is 2. The van der Waals surface area contributed by atoms with E-state index in [4.69, 9.17) is 4.74 Å². The average Bonchev–Trinajstić information content (AvgIpc) is 2.30. The van der Waals surface area contributed by atoms with Gasteiger partial charge in [0, 0.05) is 5.56 Å². The summed E-state index contributed by atoms with van der Waals surface area (Å²) in [6.07, 6.45) is 0. The Morgan fingerprint density at radius 3 is 2.82 bits per heavy atom. The fraction of sp³-hybridized carbons (Fsp3) is 0.125. The van der Waals surface area contributed by atoms with E-state index >= 15 is 0 Å². The van der Waals surface area contributed by atoms with Crippen molar-refractivity contribution in [1.82, 2.24) is 0 Å². The molecule has 1 heterocycles. The second kappa shape index (κ2) is 2.31. The van der Waals surface area contributed by atoms with Crippen molar-refractivity contribution < 1.29 is 9.53 Å². The van der Waals surface area contributed by atoms with Crippen molar-refractivity contribution in [3.63, 3.8) is 0 Å². The minimum absolute atomic E-state index is 0.154. The van der Waals surface area contributed by atoms with Crippen molar-refractivity contribution in [3.8, 4) is 0 Å². The van der Waals surface area contributed by atoms with Crippen molar-refractivity contribution in [1.29, 1.82) is 0 Å². The van der Waals surface area contributed by atoms with Crippen LogP contribution in [0.4, 0.5) is 0 Å². The molecule has 0 amide bonds. The second-order valence-corrected chi connectivity index (χ2v) is 3.02. The Morgan fingerprint density at radius 2 is 2.09 bits per heavy atom. The molecule has 2 atom stereocenters. The third kappa shape index (κ3) is 0.945. The Kier molecular flexibility index (Phi) is 1.43. The van der Waals surface area contributed by atoms with E-state index in [0.29, 0.717) is 5.56 Å². The van der Waals surface area contributed by atoms with Gasteiger partial charge < -0.3 is 4.74 Å². The van der Waals surface area contributed by atoms with Gasteiger partial charge in [-0.1, -0.05) is 27.4 Å². The Balaban J connectivity index is 2.60. The van der Waals surface area contributed by atoms with Crippen LogP contribution in [0.25, 0.3) is 0 Å². The quantitative estimate of drug-likeness (QED) is 0.433. The van der Waals surface area contributed by atoms with Crippen LogP contribution in [0.15, 0.2) is 24.3 Å². The molecule has 0 aliphatic carbocycles. The normalized spacial score (nSPS) is 21.2. The monoisotopic (exact) mass is 166 g/mol. The molecule has 1 aliphatic rings. The zero-order valence-corrected chi connectivity index (χ0v) is 6.94. The smallest absolute Gasteiger partial charge is 0.339 e. The third-order valence-corrected chi connectivity index (χ3v) is 2.22. The highest BCUT2D eigenvalue weighted by atomic mass is 31.0. The molecule has 0 saturated carbocycles. The van der Waals surface area contributed by atoms with Crippen LogP contribution in [0.3, 0.4) is 0 Å². The second-order valence-electron chi connectivity index (χ2n) is 2.41. The zero-order valence-electron chi connectivity index (χ0n) is 5.78. The van der Waals surface area contributed by atoms with Gasteiger partial charge in [-0.05, 0) is 6.07 Å². The van der Waals surface area contributed by atoms with E-state index in [-0.39, 0.29) is 11.8 Å². The molecule has 2 unspecified atom stereocenters. The van der Waals surface area contributed by atoms with E-state index in [9.17, 15) is 4.79 Å². The Bertz CT molecular complexity index is 309. The minimum Gasteiger partial charge on any atom is -0.450 e. The predicted octanol–water partition coefficient (Wildman–Crippen LogP) is 1.73. The van der Waals surface area contributed by atoms with Crippen molar-refractivity contribution in [2.75, 3.05) is 0 Å². The summed E-state index contributed by atoms with van der Waals surface area (Å²) < 4.78 is 4.96. The van der Waals surface area contributed by atoms with Crippen LogP contribution in [-0.4, -0.2) is 5.97 Å². The lowest BCUT2D eigenvalue weighted by Crippen LogP contribution is -1.92. The van der Waals surface area contributed by atoms with Gasteiger partial charge >= 0.3 is 5.97 Å². The van der Waals surface area contributed by atoms with Crippen molar-refractivity contribution in [2.24, 2.45) is 0 Å². The van der Waals surface area contributed by atoms with Crippen LogP contribution in [-0.2, 0) is 4.74 Å². The number of carbonyl (C=O) groups excluding carboxylic acids is 1. The molecule has 56 valence electrons. The van der Waals surface area contributed by atoms with Crippen LogP contribution < -0.4 is 0 Å². The molecule has 0 radical (unpaired) electrons. The lowest BCUT2D eigenvalue weighted by atomic mass is 10.1. The van der Waals surface area contributed by atoms with Gasteiger partial charge in [-0.25, -0.2) is 4.79 Å². The van der Waals surface area contributed by atoms with Gasteiger partial charge in [0.2, 0.25) is 0 Å². The molecule has 1 aromatic carbocycles. The molecular formula is C8H7O2P. The number of carbonyl (C=O) groups is 1. The number of ether oxygens (including phenoxy) is 1. The molecule has 11 heavy (non-hydrogen) atoms. The highest BCUT2D eigenvalue weighted by Gasteiger charge is 2.26.